The van der Waals surface area contributed by atoms with Gasteiger partial charge in [0.05, 0.1) is 12.1 Å². The Labute approximate surface area is 116 Å². The summed E-state index contributed by atoms with van der Waals surface area (Å²) in [6.07, 6.45) is 6.90. The molecule has 2 heteroatoms. The molecule has 1 aromatic rings. The van der Waals surface area contributed by atoms with Gasteiger partial charge in [0.1, 0.15) is 0 Å². The van der Waals surface area contributed by atoms with E-state index in [1.807, 2.05) is 0 Å². The predicted molar refractivity (Wildman–Crippen MR) is 78.4 cm³/mol. The Hall–Kier alpha value is -0.860. The van der Waals surface area contributed by atoms with Gasteiger partial charge in [0.15, 0.2) is 0 Å². The van der Waals surface area contributed by atoms with Gasteiger partial charge in [-0.25, -0.2) is 0 Å². The minimum atomic E-state index is 0.356. The Morgan fingerprint density at radius 1 is 1.16 bits per heavy atom. The summed E-state index contributed by atoms with van der Waals surface area (Å²) in [5.74, 6) is 0.828. The molecule has 19 heavy (non-hydrogen) atoms. The van der Waals surface area contributed by atoms with Crippen molar-refractivity contribution in [2.24, 2.45) is 0 Å². The van der Waals surface area contributed by atoms with Gasteiger partial charge in [-0.3, -0.25) is 0 Å². The number of benzene rings is 1. The third-order valence-electron chi connectivity index (χ3n) is 4.63. The molecule has 2 atom stereocenters. The number of nitrogens with one attached hydrogen (secondary N) is 1. The van der Waals surface area contributed by atoms with E-state index in [0.29, 0.717) is 12.1 Å². The Kier molecular flexibility index (Phi) is 4.19. The van der Waals surface area contributed by atoms with Crippen LogP contribution in [0.15, 0.2) is 24.3 Å². The summed E-state index contributed by atoms with van der Waals surface area (Å²) < 4.78 is 5.87. The van der Waals surface area contributed by atoms with Crippen LogP contribution < -0.4 is 5.32 Å². The van der Waals surface area contributed by atoms with Crippen molar-refractivity contribution in [2.45, 2.75) is 57.1 Å². The second-order valence-corrected chi connectivity index (χ2v) is 5.88. The van der Waals surface area contributed by atoms with E-state index < -0.39 is 0 Å². The van der Waals surface area contributed by atoms with Crippen molar-refractivity contribution in [3.63, 3.8) is 0 Å². The number of hydrogen-bond acceptors (Lipinski definition) is 2. The van der Waals surface area contributed by atoms with Gasteiger partial charge in [0.25, 0.3) is 0 Å². The van der Waals surface area contributed by atoms with E-state index in [9.17, 15) is 0 Å². The first kappa shape index (κ1) is 13.1. The lowest BCUT2D eigenvalue weighted by molar-refractivity contribution is 0.0788. The molecule has 2 unspecified atom stereocenters. The van der Waals surface area contributed by atoms with Crippen LogP contribution in [0.5, 0.6) is 0 Å². The monoisotopic (exact) mass is 259 g/mol. The number of hydrogen-bond donors (Lipinski definition) is 1. The van der Waals surface area contributed by atoms with E-state index in [1.54, 1.807) is 0 Å². The molecule has 1 saturated carbocycles. The molecule has 104 valence electrons. The molecule has 1 aliphatic carbocycles. The minimum absolute atomic E-state index is 0.356. The van der Waals surface area contributed by atoms with Crippen molar-refractivity contribution in [1.29, 1.82) is 0 Å². The van der Waals surface area contributed by atoms with Crippen molar-refractivity contribution >= 4 is 0 Å². The molecule has 2 nitrogen and oxygen atoms in total. The van der Waals surface area contributed by atoms with Crippen LogP contribution in [0.1, 0.15) is 62.1 Å². The zero-order valence-corrected chi connectivity index (χ0v) is 11.9. The fraction of sp³-hybridized carbons (Fsp3) is 0.647. The van der Waals surface area contributed by atoms with Crippen LogP contribution in [-0.4, -0.2) is 19.3 Å². The Morgan fingerprint density at radius 2 is 1.95 bits per heavy atom. The highest BCUT2D eigenvalue weighted by Gasteiger charge is 2.27. The van der Waals surface area contributed by atoms with Gasteiger partial charge >= 0.3 is 0 Å². The molecule has 3 rings (SSSR count). The van der Waals surface area contributed by atoms with Crippen LogP contribution in [-0.2, 0) is 4.74 Å². The highest BCUT2D eigenvalue weighted by molar-refractivity contribution is 5.29. The zero-order valence-electron chi connectivity index (χ0n) is 11.9. The van der Waals surface area contributed by atoms with Crippen molar-refractivity contribution in [3.8, 4) is 0 Å². The summed E-state index contributed by atoms with van der Waals surface area (Å²) >= 11 is 0. The lowest BCUT2D eigenvalue weighted by Crippen LogP contribution is -2.31. The summed E-state index contributed by atoms with van der Waals surface area (Å²) in [5.41, 5.74) is 2.91. The SMILES string of the molecule is CCNC(c1ccc(C2CCC2)cc1)C1CCCO1. The molecule has 1 aliphatic heterocycles. The first-order chi connectivity index (χ1) is 9.38. The van der Waals surface area contributed by atoms with Crippen molar-refractivity contribution in [2.75, 3.05) is 13.2 Å². The fourth-order valence-electron chi connectivity index (χ4n) is 3.27. The summed E-state index contributed by atoms with van der Waals surface area (Å²) in [4.78, 5) is 0. The third-order valence-corrected chi connectivity index (χ3v) is 4.63. The second-order valence-electron chi connectivity index (χ2n) is 5.88. The van der Waals surface area contributed by atoms with Crippen LogP contribution >= 0.6 is 0 Å². The average Bonchev–Trinajstić information content (AvgIpc) is 2.89. The highest BCUT2D eigenvalue weighted by atomic mass is 16.5. The molecule has 0 amide bonds. The minimum Gasteiger partial charge on any atom is -0.376 e. The standard InChI is InChI=1S/C17H25NO/c1-2-18-17(16-7-4-12-19-16)15-10-8-14(9-11-15)13-5-3-6-13/h8-11,13,16-18H,2-7,12H2,1H3. The number of ether oxygens (including phenoxy) is 1. The number of likely N-dealkylation sites (N-methyl/N-ethyl adjacent to an activating group) is 1. The molecule has 0 spiro atoms. The fourth-order valence-corrected chi connectivity index (χ4v) is 3.27. The first-order valence-electron chi connectivity index (χ1n) is 7.83. The van der Waals surface area contributed by atoms with Gasteiger partial charge in [0, 0.05) is 6.61 Å². The van der Waals surface area contributed by atoms with Crippen molar-refractivity contribution in [3.05, 3.63) is 35.4 Å². The van der Waals surface area contributed by atoms with Crippen molar-refractivity contribution < 1.29 is 4.74 Å². The van der Waals surface area contributed by atoms with Gasteiger partial charge in [-0.2, -0.15) is 0 Å². The van der Waals surface area contributed by atoms with E-state index in [0.717, 1.165) is 19.1 Å². The maximum Gasteiger partial charge on any atom is 0.0770 e. The van der Waals surface area contributed by atoms with Gasteiger partial charge in [-0.1, -0.05) is 37.6 Å². The van der Waals surface area contributed by atoms with Gasteiger partial charge < -0.3 is 10.1 Å². The zero-order chi connectivity index (χ0) is 13.1. The lowest BCUT2D eigenvalue weighted by atomic mass is 9.79. The molecular weight excluding hydrogens is 234 g/mol. The van der Waals surface area contributed by atoms with Crippen LogP contribution in [0.4, 0.5) is 0 Å². The summed E-state index contributed by atoms with van der Waals surface area (Å²) in [6.45, 7) is 4.09. The molecule has 2 aliphatic rings. The van der Waals surface area contributed by atoms with Crippen LogP contribution in [0.2, 0.25) is 0 Å². The molecule has 0 bridgehead atoms. The van der Waals surface area contributed by atoms with Gasteiger partial charge in [-0.05, 0) is 49.3 Å². The molecule has 1 aromatic carbocycles. The van der Waals surface area contributed by atoms with Crippen molar-refractivity contribution in [1.82, 2.24) is 5.32 Å². The number of rotatable bonds is 5. The summed E-state index contributed by atoms with van der Waals surface area (Å²) in [7, 11) is 0. The first-order valence-corrected chi connectivity index (χ1v) is 7.83. The van der Waals surface area contributed by atoms with Gasteiger partial charge in [-0.15, -0.1) is 0 Å². The topological polar surface area (TPSA) is 21.3 Å². The summed E-state index contributed by atoms with van der Waals surface area (Å²) in [6, 6.07) is 9.64. The van der Waals surface area contributed by atoms with E-state index in [1.165, 1.54) is 43.2 Å². The Bertz CT molecular complexity index is 390. The molecule has 1 N–H and O–H groups in total. The van der Waals surface area contributed by atoms with E-state index in [-0.39, 0.29) is 0 Å². The maximum absolute atomic E-state index is 5.87. The molecular formula is C17H25NO. The van der Waals surface area contributed by atoms with Crippen LogP contribution in [0, 0.1) is 0 Å². The predicted octanol–water partition coefficient (Wildman–Crippen LogP) is 3.78. The van der Waals surface area contributed by atoms with Crippen LogP contribution in [0.3, 0.4) is 0 Å². The largest absolute Gasteiger partial charge is 0.376 e. The van der Waals surface area contributed by atoms with E-state index >= 15 is 0 Å². The average molecular weight is 259 g/mol. The Morgan fingerprint density at radius 3 is 2.47 bits per heavy atom. The second kappa shape index (κ2) is 6.06. The quantitative estimate of drug-likeness (QED) is 0.869. The molecule has 2 fully saturated rings. The van der Waals surface area contributed by atoms with Crippen LogP contribution in [0.25, 0.3) is 0 Å². The van der Waals surface area contributed by atoms with E-state index in [4.69, 9.17) is 4.74 Å². The third kappa shape index (κ3) is 2.85. The molecule has 1 heterocycles. The highest BCUT2D eigenvalue weighted by Crippen LogP contribution is 2.37. The maximum atomic E-state index is 5.87. The van der Waals surface area contributed by atoms with E-state index in [2.05, 4.69) is 36.5 Å². The molecule has 0 radical (unpaired) electrons. The molecule has 1 saturated heterocycles. The summed E-state index contributed by atoms with van der Waals surface area (Å²) in [5, 5.41) is 3.59. The normalized spacial score (nSPS) is 25.2. The Balaban J connectivity index is 1.73. The lowest BCUT2D eigenvalue weighted by Gasteiger charge is -2.27. The molecule has 0 aromatic heterocycles. The smallest absolute Gasteiger partial charge is 0.0770 e. The van der Waals surface area contributed by atoms with Gasteiger partial charge in [0.2, 0.25) is 0 Å².